The fourth-order valence-corrected chi connectivity index (χ4v) is 1.43. The summed E-state index contributed by atoms with van der Waals surface area (Å²) in [5.74, 6) is -0.452. The van der Waals surface area contributed by atoms with Gasteiger partial charge in [0.25, 0.3) is 0 Å². The lowest BCUT2D eigenvalue weighted by molar-refractivity contribution is -0.119. The molecule has 0 saturated carbocycles. The number of amides is 3. The van der Waals surface area contributed by atoms with Crippen molar-refractivity contribution in [2.45, 2.75) is 19.9 Å². The molecule has 0 radical (unpaired) electrons. The van der Waals surface area contributed by atoms with Crippen LogP contribution in [0.3, 0.4) is 0 Å². The fourth-order valence-electron chi connectivity index (χ4n) is 1.43. The highest BCUT2D eigenvalue weighted by molar-refractivity contribution is 5.94. The first kappa shape index (κ1) is 13.1. The Labute approximate surface area is 99.6 Å². The van der Waals surface area contributed by atoms with E-state index in [2.05, 4.69) is 10.3 Å². The maximum atomic E-state index is 11.1. The Kier molecular flexibility index (Phi) is 5.09. The Morgan fingerprint density at radius 2 is 2.24 bits per heavy atom. The number of hydrogen-bond acceptors (Lipinski definition) is 4. The van der Waals surface area contributed by atoms with Crippen LogP contribution in [0.25, 0.3) is 0 Å². The average Bonchev–Trinajstić information content (AvgIpc) is 2.28. The van der Waals surface area contributed by atoms with Crippen molar-refractivity contribution in [3.63, 3.8) is 0 Å². The van der Waals surface area contributed by atoms with Gasteiger partial charge in [-0.2, -0.15) is 0 Å². The van der Waals surface area contributed by atoms with Gasteiger partial charge in [-0.3, -0.25) is 15.1 Å². The molecule has 0 aliphatic rings. The predicted molar refractivity (Wildman–Crippen MR) is 63.0 cm³/mol. The second-order valence-corrected chi connectivity index (χ2v) is 3.48. The number of carbonyl (C=O) groups excluding carboxylic acids is 2. The van der Waals surface area contributed by atoms with Gasteiger partial charge in [0.05, 0.1) is 12.2 Å². The van der Waals surface area contributed by atoms with Crippen LogP contribution < -0.4 is 16.4 Å². The summed E-state index contributed by atoms with van der Waals surface area (Å²) in [6.07, 6.45) is 2.60. The standard InChI is InChI=1S/C11H16N4O2/c1-2-8-4-3-5-14-9(8)6-13-7-10(16)15-11(12)17/h3-5,13H,2,6-7H2,1H3,(H3,12,15,16,17). The number of imide groups is 1. The molecule has 17 heavy (non-hydrogen) atoms. The molecule has 0 aliphatic carbocycles. The molecule has 1 aromatic rings. The van der Waals surface area contributed by atoms with Gasteiger partial charge in [-0.1, -0.05) is 13.0 Å². The smallest absolute Gasteiger partial charge is 0.318 e. The molecular weight excluding hydrogens is 220 g/mol. The van der Waals surface area contributed by atoms with Crippen molar-refractivity contribution >= 4 is 11.9 Å². The minimum Gasteiger partial charge on any atom is -0.351 e. The number of nitrogens with one attached hydrogen (secondary N) is 2. The van der Waals surface area contributed by atoms with Crippen LogP contribution in [0.5, 0.6) is 0 Å². The number of aromatic nitrogens is 1. The number of carbonyl (C=O) groups is 2. The van der Waals surface area contributed by atoms with Crippen LogP contribution in [0.1, 0.15) is 18.2 Å². The van der Waals surface area contributed by atoms with Crippen LogP contribution in [0.15, 0.2) is 18.3 Å². The van der Waals surface area contributed by atoms with Gasteiger partial charge in [-0.25, -0.2) is 4.79 Å². The van der Waals surface area contributed by atoms with E-state index in [4.69, 9.17) is 5.73 Å². The summed E-state index contributed by atoms with van der Waals surface area (Å²) in [5.41, 5.74) is 6.85. The molecule has 1 aromatic heterocycles. The lowest BCUT2D eigenvalue weighted by Gasteiger charge is -2.07. The zero-order valence-corrected chi connectivity index (χ0v) is 9.69. The van der Waals surface area contributed by atoms with Crippen molar-refractivity contribution in [3.05, 3.63) is 29.6 Å². The van der Waals surface area contributed by atoms with Crippen molar-refractivity contribution in [3.8, 4) is 0 Å². The summed E-state index contributed by atoms with van der Waals surface area (Å²) in [6, 6.07) is 3.03. The van der Waals surface area contributed by atoms with Gasteiger partial charge in [0.1, 0.15) is 0 Å². The molecule has 92 valence electrons. The first-order valence-electron chi connectivity index (χ1n) is 5.36. The van der Waals surface area contributed by atoms with Gasteiger partial charge < -0.3 is 11.1 Å². The van der Waals surface area contributed by atoms with Crippen LogP contribution in [0, 0.1) is 0 Å². The Hall–Kier alpha value is -1.95. The van der Waals surface area contributed by atoms with E-state index in [1.54, 1.807) is 6.20 Å². The maximum Gasteiger partial charge on any atom is 0.318 e. The van der Waals surface area contributed by atoms with E-state index in [1.807, 2.05) is 24.4 Å². The number of urea groups is 1. The van der Waals surface area contributed by atoms with E-state index in [0.29, 0.717) is 6.54 Å². The highest BCUT2D eigenvalue weighted by Crippen LogP contribution is 2.05. The van der Waals surface area contributed by atoms with Gasteiger partial charge in [0, 0.05) is 12.7 Å². The molecule has 0 aromatic carbocycles. The summed E-state index contributed by atoms with van der Waals surface area (Å²) < 4.78 is 0. The number of rotatable bonds is 5. The number of hydrogen-bond donors (Lipinski definition) is 3. The third-order valence-electron chi connectivity index (χ3n) is 2.21. The van der Waals surface area contributed by atoms with E-state index in [-0.39, 0.29) is 6.54 Å². The zero-order chi connectivity index (χ0) is 12.7. The minimum atomic E-state index is -0.844. The Bertz CT molecular complexity index is 406. The first-order chi connectivity index (χ1) is 8.13. The Balaban J connectivity index is 2.40. The third-order valence-corrected chi connectivity index (χ3v) is 2.21. The molecule has 1 heterocycles. The van der Waals surface area contributed by atoms with Crippen LogP contribution in [0.4, 0.5) is 4.79 Å². The van der Waals surface area contributed by atoms with Gasteiger partial charge in [0.2, 0.25) is 5.91 Å². The van der Waals surface area contributed by atoms with E-state index < -0.39 is 11.9 Å². The summed E-state index contributed by atoms with van der Waals surface area (Å²) >= 11 is 0. The van der Waals surface area contributed by atoms with E-state index in [1.165, 1.54) is 0 Å². The monoisotopic (exact) mass is 236 g/mol. The number of aryl methyl sites for hydroxylation is 1. The molecule has 0 saturated heterocycles. The third kappa shape index (κ3) is 4.60. The number of primary amides is 1. The highest BCUT2D eigenvalue weighted by atomic mass is 16.2. The van der Waals surface area contributed by atoms with E-state index >= 15 is 0 Å². The minimum absolute atomic E-state index is 0.0304. The second kappa shape index (κ2) is 6.59. The normalized spacial score (nSPS) is 9.94. The lowest BCUT2D eigenvalue weighted by atomic mass is 10.1. The summed E-state index contributed by atoms with van der Waals surface area (Å²) in [4.78, 5) is 25.7. The SMILES string of the molecule is CCc1cccnc1CNCC(=O)NC(N)=O. The molecular formula is C11H16N4O2. The zero-order valence-electron chi connectivity index (χ0n) is 9.69. The largest absolute Gasteiger partial charge is 0.351 e. The van der Waals surface area contributed by atoms with E-state index in [0.717, 1.165) is 17.7 Å². The molecule has 6 heteroatoms. The van der Waals surface area contributed by atoms with Gasteiger partial charge >= 0.3 is 6.03 Å². The molecule has 0 fully saturated rings. The van der Waals surface area contributed by atoms with Crippen LogP contribution in [-0.2, 0) is 17.8 Å². The molecule has 0 bridgehead atoms. The molecule has 0 aliphatic heterocycles. The highest BCUT2D eigenvalue weighted by Gasteiger charge is 2.05. The van der Waals surface area contributed by atoms with Crippen LogP contribution in [0.2, 0.25) is 0 Å². The molecule has 0 unspecified atom stereocenters. The van der Waals surface area contributed by atoms with Crippen molar-refractivity contribution in [2.24, 2.45) is 5.73 Å². The quantitative estimate of drug-likeness (QED) is 0.666. The van der Waals surface area contributed by atoms with Crippen molar-refractivity contribution in [1.29, 1.82) is 0 Å². The summed E-state index contributed by atoms with van der Waals surface area (Å²) in [7, 11) is 0. The fraction of sp³-hybridized carbons (Fsp3) is 0.364. The predicted octanol–water partition coefficient (Wildman–Crippen LogP) is -0.0715. The summed E-state index contributed by atoms with van der Waals surface area (Å²) in [5, 5.41) is 4.87. The number of pyridine rings is 1. The van der Waals surface area contributed by atoms with E-state index in [9.17, 15) is 9.59 Å². The summed E-state index contributed by atoms with van der Waals surface area (Å²) in [6.45, 7) is 2.55. The van der Waals surface area contributed by atoms with Crippen molar-refractivity contribution < 1.29 is 9.59 Å². The molecule has 6 nitrogen and oxygen atoms in total. The first-order valence-corrected chi connectivity index (χ1v) is 5.36. The number of nitrogens with two attached hydrogens (primary N) is 1. The average molecular weight is 236 g/mol. The van der Waals surface area contributed by atoms with Gasteiger partial charge in [-0.05, 0) is 18.1 Å². The Morgan fingerprint density at radius 1 is 1.47 bits per heavy atom. The molecule has 1 rings (SSSR count). The molecule has 0 spiro atoms. The molecule has 0 atom stereocenters. The van der Waals surface area contributed by atoms with Crippen molar-refractivity contribution in [2.75, 3.05) is 6.54 Å². The molecule has 3 amide bonds. The van der Waals surface area contributed by atoms with Crippen molar-refractivity contribution in [1.82, 2.24) is 15.6 Å². The van der Waals surface area contributed by atoms with Crippen LogP contribution >= 0.6 is 0 Å². The lowest BCUT2D eigenvalue weighted by Crippen LogP contribution is -2.40. The van der Waals surface area contributed by atoms with Gasteiger partial charge in [0.15, 0.2) is 0 Å². The van der Waals surface area contributed by atoms with Crippen LogP contribution in [-0.4, -0.2) is 23.5 Å². The maximum absolute atomic E-state index is 11.1. The molecule has 4 N–H and O–H groups in total. The second-order valence-electron chi connectivity index (χ2n) is 3.48. The number of nitrogens with zero attached hydrogens (tertiary/aromatic N) is 1. The Morgan fingerprint density at radius 3 is 2.88 bits per heavy atom. The van der Waals surface area contributed by atoms with Gasteiger partial charge in [-0.15, -0.1) is 0 Å². The topological polar surface area (TPSA) is 97.1 Å².